The van der Waals surface area contributed by atoms with E-state index in [2.05, 4.69) is 30.2 Å². The minimum atomic E-state index is -0.168. The monoisotopic (exact) mass is 292 g/mol. The summed E-state index contributed by atoms with van der Waals surface area (Å²) in [7, 11) is 5.49. The Morgan fingerprint density at radius 1 is 1.14 bits per heavy atom. The van der Waals surface area contributed by atoms with Crippen molar-refractivity contribution in [2.45, 2.75) is 51.2 Å². The lowest BCUT2D eigenvalue weighted by Gasteiger charge is -2.47. The molecule has 0 aromatic carbocycles. The van der Waals surface area contributed by atoms with Crippen LogP contribution >= 0.6 is 0 Å². The minimum absolute atomic E-state index is 0.126. The number of aromatic nitrogens is 1. The molecule has 2 rings (SSSR count). The van der Waals surface area contributed by atoms with E-state index >= 15 is 0 Å². The molecule has 1 aliphatic carbocycles. The van der Waals surface area contributed by atoms with Crippen molar-refractivity contribution in [3.63, 3.8) is 0 Å². The van der Waals surface area contributed by atoms with Gasteiger partial charge in [0.25, 0.3) is 0 Å². The Labute approximate surface area is 128 Å². The minimum Gasteiger partial charge on any atom is -0.495 e. The second kappa shape index (κ2) is 6.32. The molecule has 1 saturated carbocycles. The Morgan fingerprint density at radius 3 is 2.33 bits per heavy atom. The number of rotatable bonds is 5. The molecule has 1 atom stereocenters. The number of nitrogens with zero attached hydrogens (tertiary/aromatic N) is 1. The third-order valence-corrected chi connectivity index (χ3v) is 4.97. The smallest absolute Gasteiger partial charge is 0.137 e. The van der Waals surface area contributed by atoms with Crippen LogP contribution in [-0.4, -0.2) is 31.9 Å². The molecule has 21 heavy (non-hydrogen) atoms. The molecule has 4 nitrogen and oxygen atoms in total. The van der Waals surface area contributed by atoms with Crippen molar-refractivity contribution in [2.75, 3.05) is 21.3 Å². The normalized spacial score (nSPS) is 21.8. The van der Waals surface area contributed by atoms with Crippen LogP contribution in [0.15, 0.2) is 18.5 Å². The molecule has 1 aliphatic rings. The van der Waals surface area contributed by atoms with Gasteiger partial charge in [0.05, 0.1) is 24.9 Å². The maximum atomic E-state index is 6.02. The van der Waals surface area contributed by atoms with Crippen LogP contribution in [0.1, 0.15) is 51.1 Å². The summed E-state index contributed by atoms with van der Waals surface area (Å²) in [6, 6.07) is 2.18. The van der Waals surface area contributed by atoms with E-state index in [9.17, 15) is 0 Å². The van der Waals surface area contributed by atoms with Crippen LogP contribution in [0.4, 0.5) is 0 Å². The predicted octanol–water partition coefficient (Wildman–Crippen LogP) is 3.34. The zero-order valence-corrected chi connectivity index (χ0v) is 13.9. The van der Waals surface area contributed by atoms with Gasteiger partial charge in [-0.2, -0.15) is 0 Å². The highest BCUT2D eigenvalue weighted by atomic mass is 16.5. The van der Waals surface area contributed by atoms with Gasteiger partial charge >= 0.3 is 0 Å². The molecule has 0 saturated heterocycles. The van der Waals surface area contributed by atoms with Gasteiger partial charge in [0, 0.05) is 13.3 Å². The van der Waals surface area contributed by atoms with Crippen LogP contribution < -0.4 is 10.1 Å². The molecule has 0 aliphatic heterocycles. The van der Waals surface area contributed by atoms with Crippen LogP contribution in [0.3, 0.4) is 0 Å². The van der Waals surface area contributed by atoms with Crippen molar-refractivity contribution < 1.29 is 9.47 Å². The first-order valence-corrected chi connectivity index (χ1v) is 7.68. The quantitative estimate of drug-likeness (QED) is 0.904. The topological polar surface area (TPSA) is 43.4 Å². The molecule has 1 N–H and O–H groups in total. The van der Waals surface area contributed by atoms with Crippen molar-refractivity contribution in [3.8, 4) is 5.75 Å². The lowest BCUT2D eigenvalue weighted by atomic mass is 9.67. The Morgan fingerprint density at radius 2 is 1.81 bits per heavy atom. The number of hydrogen-bond donors (Lipinski definition) is 1. The summed E-state index contributed by atoms with van der Waals surface area (Å²) < 4.78 is 11.3. The highest BCUT2D eigenvalue weighted by Gasteiger charge is 2.44. The van der Waals surface area contributed by atoms with Gasteiger partial charge in [-0.25, -0.2) is 0 Å². The van der Waals surface area contributed by atoms with Crippen LogP contribution in [0, 0.1) is 5.41 Å². The van der Waals surface area contributed by atoms with Crippen LogP contribution in [0.2, 0.25) is 0 Å². The molecule has 1 aromatic rings. The zero-order chi connectivity index (χ0) is 15.5. The third-order valence-electron chi connectivity index (χ3n) is 4.97. The fourth-order valence-corrected chi connectivity index (χ4v) is 3.40. The van der Waals surface area contributed by atoms with Gasteiger partial charge in [-0.3, -0.25) is 4.98 Å². The van der Waals surface area contributed by atoms with Crippen molar-refractivity contribution >= 4 is 0 Å². The first kappa shape index (κ1) is 16.2. The molecule has 0 bridgehead atoms. The predicted molar refractivity (Wildman–Crippen MR) is 84.6 cm³/mol. The summed E-state index contributed by atoms with van der Waals surface area (Å²) in [6.07, 6.45) is 8.11. The largest absolute Gasteiger partial charge is 0.495 e. The molecule has 118 valence electrons. The van der Waals surface area contributed by atoms with Gasteiger partial charge in [0.15, 0.2) is 0 Å². The van der Waals surface area contributed by atoms with Gasteiger partial charge in [-0.05, 0) is 49.8 Å². The summed E-state index contributed by atoms with van der Waals surface area (Å²) >= 11 is 0. The van der Waals surface area contributed by atoms with Crippen molar-refractivity contribution in [1.82, 2.24) is 10.3 Å². The first-order chi connectivity index (χ1) is 9.96. The number of ether oxygens (including phenoxy) is 2. The lowest BCUT2D eigenvalue weighted by molar-refractivity contribution is -0.0863. The standard InChI is InChI=1S/C17H28N2O2/c1-16(2)6-8-17(21-5,9-7-16)15(18-3)13-10-14(20-4)12-19-11-13/h10-12,15,18H,6-9H2,1-5H3. The Kier molecular flexibility index (Phi) is 4.89. The highest BCUT2D eigenvalue weighted by Crippen LogP contribution is 2.47. The van der Waals surface area contributed by atoms with E-state index in [4.69, 9.17) is 9.47 Å². The molecule has 1 unspecified atom stereocenters. The van der Waals surface area contributed by atoms with E-state index in [1.54, 1.807) is 13.3 Å². The van der Waals surface area contributed by atoms with Crippen LogP contribution in [-0.2, 0) is 4.74 Å². The van der Waals surface area contributed by atoms with Crippen molar-refractivity contribution in [3.05, 3.63) is 24.0 Å². The van der Waals surface area contributed by atoms with E-state index in [1.165, 1.54) is 12.8 Å². The second-order valence-corrected chi connectivity index (χ2v) is 6.81. The molecule has 1 aromatic heterocycles. The number of hydrogen-bond acceptors (Lipinski definition) is 4. The van der Waals surface area contributed by atoms with Crippen molar-refractivity contribution in [1.29, 1.82) is 0 Å². The fraction of sp³-hybridized carbons (Fsp3) is 0.706. The molecule has 0 spiro atoms. The van der Waals surface area contributed by atoms with Crippen LogP contribution in [0.5, 0.6) is 5.75 Å². The number of methoxy groups -OCH3 is 2. The Bertz CT molecular complexity index is 464. The van der Waals surface area contributed by atoms with E-state index in [1.807, 2.05) is 20.4 Å². The summed E-state index contributed by atoms with van der Waals surface area (Å²) in [5.41, 5.74) is 1.36. The summed E-state index contributed by atoms with van der Waals surface area (Å²) in [5.74, 6) is 0.787. The molecular formula is C17H28N2O2. The Balaban J connectivity index is 2.29. The van der Waals surface area contributed by atoms with Gasteiger partial charge in [0.1, 0.15) is 5.75 Å². The fourth-order valence-electron chi connectivity index (χ4n) is 3.40. The molecule has 0 amide bonds. The summed E-state index contributed by atoms with van der Waals surface area (Å²) in [4.78, 5) is 4.29. The first-order valence-electron chi connectivity index (χ1n) is 7.68. The SMILES string of the molecule is CNC(c1cncc(OC)c1)C1(OC)CCC(C)(C)CC1. The molecular weight excluding hydrogens is 264 g/mol. The number of nitrogens with one attached hydrogen (secondary N) is 1. The average Bonchev–Trinajstić information content (AvgIpc) is 2.50. The van der Waals surface area contributed by atoms with Gasteiger partial charge in [-0.1, -0.05) is 13.8 Å². The molecule has 1 heterocycles. The number of likely N-dealkylation sites (N-methyl/N-ethyl adjacent to an activating group) is 1. The van der Waals surface area contributed by atoms with E-state index in [-0.39, 0.29) is 11.6 Å². The third kappa shape index (κ3) is 3.38. The maximum absolute atomic E-state index is 6.02. The second-order valence-electron chi connectivity index (χ2n) is 6.81. The average molecular weight is 292 g/mol. The van der Waals surface area contributed by atoms with Gasteiger partial charge in [0.2, 0.25) is 0 Å². The number of pyridine rings is 1. The lowest BCUT2D eigenvalue weighted by Crippen LogP contribution is -2.48. The van der Waals surface area contributed by atoms with Gasteiger partial charge in [-0.15, -0.1) is 0 Å². The van der Waals surface area contributed by atoms with E-state index in [0.717, 1.165) is 24.2 Å². The van der Waals surface area contributed by atoms with Gasteiger partial charge < -0.3 is 14.8 Å². The molecule has 0 radical (unpaired) electrons. The maximum Gasteiger partial charge on any atom is 0.137 e. The highest BCUT2D eigenvalue weighted by molar-refractivity contribution is 5.28. The Hall–Kier alpha value is -1.13. The van der Waals surface area contributed by atoms with E-state index in [0.29, 0.717) is 5.41 Å². The summed E-state index contributed by atoms with van der Waals surface area (Å²) in [6.45, 7) is 4.68. The summed E-state index contributed by atoms with van der Waals surface area (Å²) in [5, 5.41) is 3.44. The van der Waals surface area contributed by atoms with Crippen molar-refractivity contribution in [2.24, 2.45) is 5.41 Å². The van der Waals surface area contributed by atoms with Crippen LogP contribution in [0.25, 0.3) is 0 Å². The zero-order valence-electron chi connectivity index (χ0n) is 13.9. The molecule has 1 fully saturated rings. The molecule has 4 heteroatoms. The van der Waals surface area contributed by atoms with E-state index < -0.39 is 0 Å².